The average Bonchev–Trinajstić information content (AvgIpc) is 3.28. The summed E-state index contributed by atoms with van der Waals surface area (Å²) in [5.41, 5.74) is 6.26. The zero-order valence-electron chi connectivity index (χ0n) is 24.2. The largest absolute Gasteiger partial charge is 0.387 e. The van der Waals surface area contributed by atoms with E-state index in [4.69, 9.17) is 0 Å². The van der Waals surface area contributed by atoms with Crippen LogP contribution in [0.5, 0.6) is 0 Å². The number of carbonyl (C=O) groups is 1. The van der Waals surface area contributed by atoms with Gasteiger partial charge in [0.25, 0.3) is 0 Å². The summed E-state index contributed by atoms with van der Waals surface area (Å²) in [6, 6.07) is 26.6. The van der Waals surface area contributed by atoms with Crippen LogP contribution in [0.3, 0.4) is 0 Å². The summed E-state index contributed by atoms with van der Waals surface area (Å²) in [7, 11) is 0. The summed E-state index contributed by atoms with van der Waals surface area (Å²) in [6.45, 7) is 9.47. The van der Waals surface area contributed by atoms with E-state index < -0.39 is 6.10 Å². The molecule has 0 aliphatic carbocycles. The Morgan fingerprint density at radius 3 is 2.33 bits per heavy atom. The summed E-state index contributed by atoms with van der Waals surface area (Å²) in [5, 5.41) is 17.4. The lowest BCUT2D eigenvalue weighted by molar-refractivity contribution is -0.120. The predicted octanol–water partition coefficient (Wildman–Crippen LogP) is 5.42. The van der Waals surface area contributed by atoms with Gasteiger partial charge in [0.1, 0.15) is 5.82 Å². The van der Waals surface area contributed by atoms with Crippen molar-refractivity contribution in [3.8, 4) is 5.82 Å². The van der Waals surface area contributed by atoms with Crippen molar-refractivity contribution >= 4 is 5.91 Å². The third-order valence-electron chi connectivity index (χ3n) is 7.24. The van der Waals surface area contributed by atoms with E-state index in [0.717, 1.165) is 53.2 Å². The van der Waals surface area contributed by atoms with Gasteiger partial charge in [-0.2, -0.15) is 0 Å². The number of pyridine rings is 1. The van der Waals surface area contributed by atoms with Gasteiger partial charge in [0.15, 0.2) is 0 Å². The van der Waals surface area contributed by atoms with Crippen molar-refractivity contribution in [3.05, 3.63) is 119 Å². The van der Waals surface area contributed by atoms with Crippen LogP contribution in [0.2, 0.25) is 0 Å². The number of hydrogen-bond acceptors (Lipinski definition) is 4. The summed E-state index contributed by atoms with van der Waals surface area (Å²) >= 11 is 0. The summed E-state index contributed by atoms with van der Waals surface area (Å²) < 4.78 is 2.10. The highest BCUT2D eigenvalue weighted by molar-refractivity contribution is 5.78. The van der Waals surface area contributed by atoms with E-state index in [1.807, 2.05) is 42.5 Å². The first-order valence-electron chi connectivity index (χ1n) is 14.1. The van der Waals surface area contributed by atoms with Crippen LogP contribution < -0.4 is 10.6 Å². The number of hydrogen-bond donors (Lipinski definition) is 3. The molecule has 0 aliphatic rings. The fourth-order valence-electron chi connectivity index (χ4n) is 5.08. The molecule has 2 aromatic carbocycles. The maximum absolute atomic E-state index is 12.5. The monoisotopic (exact) mass is 538 g/mol. The van der Waals surface area contributed by atoms with Gasteiger partial charge in [-0.1, -0.05) is 60.7 Å². The zero-order valence-corrected chi connectivity index (χ0v) is 24.2. The molecule has 2 heterocycles. The van der Waals surface area contributed by atoms with Crippen LogP contribution in [-0.4, -0.2) is 39.2 Å². The van der Waals surface area contributed by atoms with E-state index in [1.54, 1.807) is 6.20 Å². The minimum absolute atomic E-state index is 0.0486. The molecule has 210 valence electrons. The van der Waals surface area contributed by atoms with E-state index >= 15 is 0 Å². The molecule has 0 saturated carbocycles. The molecule has 40 heavy (non-hydrogen) atoms. The molecule has 0 bridgehead atoms. The summed E-state index contributed by atoms with van der Waals surface area (Å²) in [6.07, 6.45) is 4.12. The highest BCUT2D eigenvalue weighted by Gasteiger charge is 2.20. The van der Waals surface area contributed by atoms with Crippen LogP contribution in [-0.2, 0) is 24.1 Å². The molecule has 4 aromatic rings. The third-order valence-corrected chi connectivity index (χ3v) is 7.24. The van der Waals surface area contributed by atoms with Crippen molar-refractivity contribution in [3.63, 3.8) is 0 Å². The molecule has 0 aliphatic heterocycles. The number of aromatic nitrogens is 2. The second-order valence-electron chi connectivity index (χ2n) is 11.3. The fraction of sp³-hybridized carbons (Fsp3) is 0.353. The van der Waals surface area contributed by atoms with Crippen LogP contribution >= 0.6 is 0 Å². The minimum Gasteiger partial charge on any atom is -0.387 e. The number of aryl methyl sites for hydroxylation is 3. The van der Waals surface area contributed by atoms with Gasteiger partial charge in [-0.25, -0.2) is 4.98 Å². The Morgan fingerprint density at radius 1 is 0.925 bits per heavy atom. The molecule has 6 heteroatoms. The van der Waals surface area contributed by atoms with Crippen LogP contribution in [0.25, 0.3) is 5.82 Å². The summed E-state index contributed by atoms with van der Waals surface area (Å²) in [4.78, 5) is 17.1. The van der Waals surface area contributed by atoms with Gasteiger partial charge in [0.2, 0.25) is 5.91 Å². The van der Waals surface area contributed by atoms with E-state index in [0.29, 0.717) is 19.5 Å². The first-order valence-corrected chi connectivity index (χ1v) is 14.1. The number of β-amino-alcohol motifs (C(OH)–C–C–N with tert-alkyl or cyclic N) is 1. The molecular formula is C34H42N4O2. The molecular weight excluding hydrogens is 496 g/mol. The normalized spacial score (nSPS) is 12.3. The van der Waals surface area contributed by atoms with Gasteiger partial charge in [0, 0.05) is 41.8 Å². The van der Waals surface area contributed by atoms with Crippen molar-refractivity contribution in [2.24, 2.45) is 0 Å². The lowest BCUT2D eigenvalue weighted by atomic mass is 9.93. The molecule has 3 N–H and O–H groups in total. The molecule has 6 nitrogen and oxygen atoms in total. The molecule has 0 spiro atoms. The van der Waals surface area contributed by atoms with Gasteiger partial charge in [-0.15, -0.1) is 0 Å². The minimum atomic E-state index is -0.662. The average molecular weight is 539 g/mol. The molecule has 2 aromatic heterocycles. The molecule has 1 atom stereocenters. The van der Waals surface area contributed by atoms with Crippen molar-refractivity contribution in [2.75, 3.05) is 13.1 Å². The smallest absolute Gasteiger partial charge is 0.224 e. The van der Waals surface area contributed by atoms with Gasteiger partial charge >= 0.3 is 0 Å². The highest BCUT2D eigenvalue weighted by atomic mass is 16.3. The van der Waals surface area contributed by atoms with E-state index in [9.17, 15) is 9.90 Å². The Hall–Kier alpha value is -3.74. The second-order valence-corrected chi connectivity index (χ2v) is 11.3. The third kappa shape index (κ3) is 8.38. The first kappa shape index (κ1) is 29.2. The van der Waals surface area contributed by atoms with E-state index in [2.05, 4.69) is 84.3 Å². The number of nitrogens with zero attached hydrogens (tertiary/aromatic N) is 2. The van der Waals surface area contributed by atoms with Crippen molar-refractivity contribution in [1.82, 2.24) is 20.2 Å². The van der Waals surface area contributed by atoms with Crippen LogP contribution in [0.4, 0.5) is 0 Å². The number of carbonyl (C=O) groups excluding carboxylic acids is 1. The Bertz CT molecular complexity index is 1360. The maximum Gasteiger partial charge on any atom is 0.224 e. The van der Waals surface area contributed by atoms with Crippen molar-refractivity contribution in [1.29, 1.82) is 0 Å². The van der Waals surface area contributed by atoms with Gasteiger partial charge in [-0.3, -0.25) is 4.79 Å². The molecule has 1 amide bonds. The first-order chi connectivity index (χ1) is 19.2. The molecule has 0 saturated heterocycles. The Morgan fingerprint density at radius 2 is 1.62 bits per heavy atom. The maximum atomic E-state index is 12.5. The number of aliphatic hydroxyl groups excluding tert-OH is 1. The lowest BCUT2D eigenvalue weighted by Gasteiger charge is -2.28. The number of amides is 1. The zero-order chi connectivity index (χ0) is 28.5. The fourth-order valence-corrected chi connectivity index (χ4v) is 5.08. The van der Waals surface area contributed by atoms with Crippen LogP contribution in [0.1, 0.15) is 60.0 Å². The van der Waals surface area contributed by atoms with Crippen molar-refractivity contribution < 1.29 is 9.90 Å². The standard InChI is InChI=1S/C34H42N4O2/c1-25-15-16-26(2)38(25)32-18-17-30(23-36-32)31(39)24-37-34(3,4)22-29-13-8-12-28(20-29)21-33(40)35-19-9-14-27-10-6-5-7-11-27/h5-8,10-13,15-18,20,23,31,37,39H,9,14,19,21-22,24H2,1-4H3,(H,35,40)/t31-/m1/s1. The number of aliphatic hydroxyl groups is 1. The Kier molecular flexibility index (Phi) is 9.91. The quantitative estimate of drug-likeness (QED) is 0.199. The Labute approximate surface area is 238 Å². The molecule has 0 radical (unpaired) electrons. The molecule has 0 unspecified atom stereocenters. The molecule has 0 fully saturated rings. The SMILES string of the molecule is Cc1ccc(C)n1-c1ccc([C@H](O)CNC(C)(C)Cc2cccc(CC(=O)NCCCc3ccccc3)c2)cn1. The number of nitrogens with one attached hydrogen (secondary N) is 2. The highest BCUT2D eigenvalue weighted by Crippen LogP contribution is 2.19. The number of benzene rings is 2. The van der Waals surface area contributed by atoms with Gasteiger partial charge in [-0.05, 0) is 81.8 Å². The van der Waals surface area contributed by atoms with Crippen LogP contribution in [0, 0.1) is 13.8 Å². The van der Waals surface area contributed by atoms with Gasteiger partial charge < -0.3 is 20.3 Å². The van der Waals surface area contributed by atoms with Gasteiger partial charge in [0.05, 0.1) is 12.5 Å². The molecule has 4 rings (SSSR count). The predicted molar refractivity (Wildman–Crippen MR) is 162 cm³/mol. The lowest BCUT2D eigenvalue weighted by Crippen LogP contribution is -2.43. The van der Waals surface area contributed by atoms with Crippen molar-refractivity contribution in [2.45, 2.75) is 65.0 Å². The second kappa shape index (κ2) is 13.6. The van der Waals surface area contributed by atoms with E-state index in [1.165, 1.54) is 5.56 Å². The van der Waals surface area contributed by atoms with Crippen LogP contribution in [0.15, 0.2) is 85.1 Å². The summed E-state index contributed by atoms with van der Waals surface area (Å²) in [5.74, 6) is 0.900. The number of rotatable bonds is 13. The topological polar surface area (TPSA) is 79.2 Å². The van der Waals surface area contributed by atoms with E-state index in [-0.39, 0.29) is 11.4 Å². The Balaban J connectivity index is 1.24.